The lowest BCUT2D eigenvalue weighted by molar-refractivity contribution is 0.359. The fourth-order valence-electron chi connectivity index (χ4n) is 3.08. The Morgan fingerprint density at radius 3 is 2.48 bits per heavy atom. The predicted molar refractivity (Wildman–Crippen MR) is 88.4 cm³/mol. The molecular formula is C15H33N3O2S. The molecule has 0 aromatic carbocycles. The third kappa shape index (κ3) is 5.85. The molecule has 0 saturated heterocycles. The van der Waals surface area contributed by atoms with Gasteiger partial charge in [-0.2, -0.15) is 17.4 Å². The number of hydrogen-bond acceptors (Lipinski definition) is 3. The molecule has 1 fully saturated rings. The summed E-state index contributed by atoms with van der Waals surface area (Å²) in [6.45, 7) is 9.93. The summed E-state index contributed by atoms with van der Waals surface area (Å²) in [4.78, 5) is 0. The molecule has 1 aliphatic carbocycles. The van der Waals surface area contributed by atoms with Crippen molar-refractivity contribution in [3.63, 3.8) is 0 Å². The fourth-order valence-corrected chi connectivity index (χ4v) is 4.35. The Labute approximate surface area is 131 Å². The van der Waals surface area contributed by atoms with Gasteiger partial charge in [0.05, 0.1) is 0 Å². The van der Waals surface area contributed by atoms with Crippen LogP contribution in [0.2, 0.25) is 0 Å². The summed E-state index contributed by atoms with van der Waals surface area (Å²) in [6, 6.07) is 0.534. The number of hydrogen-bond donors (Lipinski definition) is 2. The lowest BCUT2D eigenvalue weighted by Gasteiger charge is -2.24. The first-order chi connectivity index (χ1) is 9.77. The smallest absolute Gasteiger partial charge is 0.279 e. The lowest BCUT2D eigenvalue weighted by Crippen LogP contribution is -2.45. The Balaban J connectivity index is 2.42. The molecule has 3 atom stereocenters. The van der Waals surface area contributed by atoms with Crippen LogP contribution in [-0.4, -0.2) is 44.9 Å². The van der Waals surface area contributed by atoms with Crippen LogP contribution in [0.3, 0.4) is 0 Å². The van der Waals surface area contributed by atoms with Crippen molar-refractivity contribution in [3.05, 3.63) is 0 Å². The Morgan fingerprint density at radius 1 is 1.29 bits per heavy atom. The molecule has 0 aromatic rings. The van der Waals surface area contributed by atoms with Gasteiger partial charge in [0.25, 0.3) is 10.2 Å². The molecule has 0 bridgehead atoms. The van der Waals surface area contributed by atoms with E-state index in [4.69, 9.17) is 0 Å². The normalized spacial score (nSPS) is 26.9. The van der Waals surface area contributed by atoms with Crippen molar-refractivity contribution in [1.82, 2.24) is 14.3 Å². The molecule has 0 aliphatic heterocycles. The summed E-state index contributed by atoms with van der Waals surface area (Å²) < 4.78 is 29.0. The van der Waals surface area contributed by atoms with Gasteiger partial charge in [-0.1, -0.05) is 34.1 Å². The van der Waals surface area contributed by atoms with E-state index in [-0.39, 0.29) is 6.04 Å². The molecule has 0 amide bonds. The van der Waals surface area contributed by atoms with Crippen LogP contribution in [0.15, 0.2) is 0 Å². The molecule has 1 aliphatic rings. The highest BCUT2D eigenvalue weighted by Crippen LogP contribution is 2.34. The van der Waals surface area contributed by atoms with E-state index in [1.807, 2.05) is 0 Å². The Kier molecular flexibility index (Phi) is 7.60. The van der Waals surface area contributed by atoms with Crippen LogP contribution in [0, 0.1) is 11.8 Å². The summed E-state index contributed by atoms with van der Waals surface area (Å²) in [5, 5.41) is 3.30. The summed E-state index contributed by atoms with van der Waals surface area (Å²) in [7, 11) is -1.69. The topological polar surface area (TPSA) is 61.4 Å². The zero-order valence-corrected chi connectivity index (χ0v) is 15.0. The van der Waals surface area contributed by atoms with Gasteiger partial charge in [-0.15, -0.1) is 0 Å². The van der Waals surface area contributed by atoms with Gasteiger partial charge in [0.1, 0.15) is 0 Å². The summed E-state index contributed by atoms with van der Waals surface area (Å²) in [5.74, 6) is 1.08. The molecule has 0 radical (unpaired) electrons. The van der Waals surface area contributed by atoms with Crippen LogP contribution in [0.25, 0.3) is 0 Å². The Morgan fingerprint density at radius 2 is 1.95 bits per heavy atom. The van der Waals surface area contributed by atoms with E-state index < -0.39 is 10.2 Å². The van der Waals surface area contributed by atoms with E-state index in [9.17, 15) is 8.42 Å². The first-order valence-corrected chi connectivity index (χ1v) is 9.69. The monoisotopic (exact) mass is 319 g/mol. The van der Waals surface area contributed by atoms with Crippen molar-refractivity contribution in [2.24, 2.45) is 11.8 Å². The summed E-state index contributed by atoms with van der Waals surface area (Å²) in [5.41, 5.74) is 0. The van der Waals surface area contributed by atoms with Crippen LogP contribution in [0.5, 0.6) is 0 Å². The van der Waals surface area contributed by atoms with Crippen LogP contribution in [-0.2, 0) is 10.2 Å². The highest BCUT2D eigenvalue weighted by atomic mass is 32.2. The maximum atomic E-state index is 12.3. The van der Waals surface area contributed by atoms with Crippen molar-refractivity contribution in [2.45, 2.75) is 65.5 Å². The molecular weight excluding hydrogens is 286 g/mol. The van der Waals surface area contributed by atoms with Gasteiger partial charge >= 0.3 is 0 Å². The lowest BCUT2D eigenvalue weighted by atomic mass is 9.94. The van der Waals surface area contributed by atoms with E-state index in [0.29, 0.717) is 24.4 Å². The third-order valence-electron chi connectivity index (χ3n) is 4.66. The first-order valence-electron chi connectivity index (χ1n) is 8.24. The van der Waals surface area contributed by atoms with E-state index in [1.54, 1.807) is 7.05 Å². The standard InChI is InChI=1S/C15H33N3O2S/c1-6-14-8-9-15(13(14)4)17-21(19,20)18(5)11-7-10-16-12(2)3/h12-17H,6-11H2,1-5H3. The second-order valence-electron chi connectivity index (χ2n) is 6.62. The minimum atomic E-state index is -3.35. The van der Waals surface area contributed by atoms with Crippen molar-refractivity contribution in [2.75, 3.05) is 20.1 Å². The van der Waals surface area contributed by atoms with Gasteiger partial charge in [0.15, 0.2) is 0 Å². The highest BCUT2D eigenvalue weighted by Gasteiger charge is 2.34. The zero-order valence-electron chi connectivity index (χ0n) is 14.2. The third-order valence-corrected chi connectivity index (χ3v) is 6.27. The van der Waals surface area contributed by atoms with Crippen LogP contribution >= 0.6 is 0 Å². The van der Waals surface area contributed by atoms with E-state index >= 15 is 0 Å². The van der Waals surface area contributed by atoms with Crippen LogP contribution in [0.1, 0.15) is 53.4 Å². The second-order valence-corrected chi connectivity index (χ2v) is 8.43. The maximum Gasteiger partial charge on any atom is 0.279 e. The number of nitrogens with zero attached hydrogens (tertiary/aromatic N) is 1. The molecule has 21 heavy (non-hydrogen) atoms. The highest BCUT2D eigenvalue weighted by molar-refractivity contribution is 7.87. The predicted octanol–water partition coefficient (Wildman–Crippen LogP) is 1.97. The molecule has 6 heteroatoms. The van der Waals surface area contributed by atoms with Crippen molar-refractivity contribution < 1.29 is 8.42 Å². The van der Waals surface area contributed by atoms with Crippen LogP contribution in [0.4, 0.5) is 0 Å². The first kappa shape index (κ1) is 18.9. The SMILES string of the molecule is CCC1CCC(NS(=O)(=O)N(C)CCCNC(C)C)C1C. The molecule has 0 spiro atoms. The summed E-state index contributed by atoms with van der Waals surface area (Å²) in [6.07, 6.45) is 4.05. The molecule has 1 rings (SSSR count). The summed E-state index contributed by atoms with van der Waals surface area (Å²) >= 11 is 0. The average Bonchev–Trinajstić information content (AvgIpc) is 2.74. The van der Waals surface area contributed by atoms with Gasteiger partial charge in [0, 0.05) is 25.7 Å². The largest absolute Gasteiger partial charge is 0.314 e. The van der Waals surface area contributed by atoms with Crippen molar-refractivity contribution >= 4 is 10.2 Å². The molecule has 1 saturated carbocycles. The average molecular weight is 320 g/mol. The quantitative estimate of drug-likeness (QED) is 0.639. The van der Waals surface area contributed by atoms with Gasteiger partial charge in [-0.25, -0.2) is 0 Å². The van der Waals surface area contributed by atoms with Crippen LogP contribution < -0.4 is 10.0 Å². The molecule has 2 N–H and O–H groups in total. The minimum absolute atomic E-state index is 0.0937. The van der Waals surface area contributed by atoms with E-state index in [0.717, 1.165) is 32.2 Å². The molecule has 0 aromatic heterocycles. The van der Waals surface area contributed by atoms with Crippen molar-refractivity contribution in [3.8, 4) is 0 Å². The fraction of sp³-hybridized carbons (Fsp3) is 1.00. The Bertz CT molecular complexity index is 398. The number of rotatable bonds is 9. The van der Waals surface area contributed by atoms with Gasteiger partial charge in [-0.05, 0) is 37.6 Å². The maximum absolute atomic E-state index is 12.3. The molecule has 0 heterocycles. The Hall–Kier alpha value is -0.170. The molecule has 5 nitrogen and oxygen atoms in total. The van der Waals surface area contributed by atoms with Crippen molar-refractivity contribution in [1.29, 1.82) is 0 Å². The molecule has 3 unspecified atom stereocenters. The molecule has 126 valence electrons. The van der Waals surface area contributed by atoms with Gasteiger partial charge in [0.2, 0.25) is 0 Å². The minimum Gasteiger partial charge on any atom is -0.314 e. The zero-order chi connectivity index (χ0) is 16.0. The van der Waals surface area contributed by atoms with Gasteiger partial charge in [-0.3, -0.25) is 0 Å². The second kappa shape index (κ2) is 8.46. The number of nitrogens with one attached hydrogen (secondary N) is 2. The van der Waals surface area contributed by atoms with Gasteiger partial charge < -0.3 is 5.32 Å². The van der Waals surface area contributed by atoms with E-state index in [1.165, 1.54) is 4.31 Å². The van der Waals surface area contributed by atoms with E-state index in [2.05, 4.69) is 37.7 Å².